The number of thiophene rings is 1. The van der Waals surface area contributed by atoms with Crippen LogP contribution in [0.1, 0.15) is 56.8 Å². The third-order valence-electron chi connectivity index (χ3n) is 4.59. The number of nitrogens with one attached hydrogen (secondary N) is 1. The largest absolute Gasteiger partial charge is 0.456 e. The highest BCUT2D eigenvalue weighted by molar-refractivity contribution is 7.12. The Morgan fingerprint density at radius 3 is 2.54 bits per heavy atom. The molecule has 0 atom stereocenters. The summed E-state index contributed by atoms with van der Waals surface area (Å²) in [7, 11) is 0. The van der Waals surface area contributed by atoms with Crippen molar-refractivity contribution in [3.05, 3.63) is 57.3 Å². The summed E-state index contributed by atoms with van der Waals surface area (Å²) in [4.78, 5) is 47.9. The van der Waals surface area contributed by atoms with Crippen LogP contribution in [-0.4, -0.2) is 30.2 Å². The molecule has 0 fully saturated rings. The topological polar surface area (TPSA) is 89.5 Å². The lowest BCUT2D eigenvalue weighted by Crippen LogP contribution is -2.33. The Kier molecular flexibility index (Phi) is 6.71. The average molecular weight is 399 g/mol. The molecule has 0 spiro atoms. The van der Waals surface area contributed by atoms with E-state index in [9.17, 15) is 19.2 Å². The highest BCUT2D eigenvalue weighted by Crippen LogP contribution is 2.23. The lowest BCUT2D eigenvalue weighted by atomic mass is 9.89. The van der Waals surface area contributed by atoms with Crippen LogP contribution < -0.4 is 5.32 Å². The summed E-state index contributed by atoms with van der Waals surface area (Å²) in [6.07, 6.45) is 4.26. The molecule has 0 saturated carbocycles. The van der Waals surface area contributed by atoms with E-state index >= 15 is 0 Å². The van der Waals surface area contributed by atoms with E-state index in [4.69, 9.17) is 4.74 Å². The number of aryl methyl sites for hydroxylation is 2. The van der Waals surface area contributed by atoms with Gasteiger partial charge in [-0.05, 0) is 54.3 Å². The van der Waals surface area contributed by atoms with Gasteiger partial charge in [0.15, 0.2) is 12.4 Å². The van der Waals surface area contributed by atoms with E-state index in [1.54, 1.807) is 23.6 Å². The summed E-state index contributed by atoms with van der Waals surface area (Å²) in [6.45, 7) is -0.553. The molecule has 0 aliphatic heterocycles. The highest BCUT2D eigenvalue weighted by Gasteiger charge is 2.16. The molecule has 1 aromatic heterocycles. The number of ether oxygens (including phenoxy) is 1. The zero-order valence-corrected chi connectivity index (χ0v) is 16.2. The molecule has 1 aromatic carbocycles. The number of carbonyl (C=O) groups is 4. The molecule has 6 nitrogen and oxygen atoms in total. The Balaban J connectivity index is 1.41. The molecule has 0 unspecified atom stereocenters. The second kappa shape index (κ2) is 9.41. The molecule has 2 amide bonds. The molecule has 7 heteroatoms. The first kappa shape index (κ1) is 19.9. The van der Waals surface area contributed by atoms with Gasteiger partial charge < -0.3 is 4.74 Å². The number of fused-ring (bicyclic) bond motifs is 1. The van der Waals surface area contributed by atoms with Gasteiger partial charge in [-0.25, -0.2) is 0 Å². The normalized spacial score (nSPS) is 12.7. The quantitative estimate of drug-likeness (QED) is 0.571. The minimum absolute atomic E-state index is 0.0212. The summed E-state index contributed by atoms with van der Waals surface area (Å²) in [5.41, 5.74) is 3.12. The first-order chi connectivity index (χ1) is 13.5. The van der Waals surface area contributed by atoms with Gasteiger partial charge in [-0.1, -0.05) is 18.2 Å². The molecule has 1 aliphatic rings. The summed E-state index contributed by atoms with van der Waals surface area (Å²) >= 11 is 1.21. The molecule has 0 bridgehead atoms. The molecule has 2 aromatic rings. The van der Waals surface area contributed by atoms with Crippen LogP contribution in [0.25, 0.3) is 0 Å². The van der Waals surface area contributed by atoms with E-state index in [0.717, 1.165) is 19.3 Å². The highest BCUT2D eigenvalue weighted by atomic mass is 32.1. The Bertz CT molecular complexity index is 888. The van der Waals surface area contributed by atoms with Crippen LogP contribution in [0.3, 0.4) is 0 Å². The number of hydrogen-bond donors (Lipinski definition) is 1. The zero-order chi connectivity index (χ0) is 19.9. The second-order valence-corrected chi connectivity index (χ2v) is 7.58. The van der Waals surface area contributed by atoms with Crippen LogP contribution in [0.5, 0.6) is 0 Å². The summed E-state index contributed by atoms with van der Waals surface area (Å²) in [5, 5.41) is 3.87. The van der Waals surface area contributed by atoms with Gasteiger partial charge in [-0.3, -0.25) is 24.5 Å². The Morgan fingerprint density at radius 1 is 1.00 bits per heavy atom. The van der Waals surface area contributed by atoms with Crippen molar-refractivity contribution < 1.29 is 23.9 Å². The number of carbonyl (C=O) groups excluding carboxylic acids is 4. The SMILES string of the molecule is O=C(COC(=O)CCC(=O)c1ccc2c(c1)CCCC2)NC(=O)c1cccs1. The predicted octanol–water partition coefficient (Wildman–Crippen LogP) is 3.09. The molecular weight excluding hydrogens is 378 g/mol. The zero-order valence-electron chi connectivity index (χ0n) is 15.4. The first-order valence-electron chi connectivity index (χ1n) is 9.21. The van der Waals surface area contributed by atoms with Crippen molar-refractivity contribution in [2.45, 2.75) is 38.5 Å². The Morgan fingerprint density at radius 2 is 1.79 bits per heavy atom. The molecule has 1 N–H and O–H groups in total. The summed E-state index contributed by atoms with van der Waals surface area (Å²) < 4.78 is 4.85. The minimum Gasteiger partial charge on any atom is -0.456 e. The number of hydrogen-bond acceptors (Lipinski definition) is 6. The van der Waals surface area contributed by atoms with E-state index < -0.39 is 24.4 Å². The Hall–Kier alpha value is -2.80. The fraction of sp³-hybridized carbons (Fsp3) is 0.333. The van der Waals surface area contributed by atoms with Crippen LogP contribution in [-0.2, 0) is 27.2 Å². The molecule has 1 heterocycles. The molecule has 0 saturated heterocycles. The fourth-order valence-electron chi connectivity index (χ4n) is 3.12. The predicted molar refractivity (Wildman–Crippen MR) is 104 cm³/mol. The van der Waals surface area contributed by atoms with E-state index in [1.807, 2.05) is 12.1 Å². The fourth-order valence-corrected chi connectivity index (χ4v) is 3.74. The standard InChI is InChI=1S/C21H21NO5S/c23-17(16-8-7-14-4-1-2-5-15(14)12-16)9-10-20(25)27-13-19(24)22-21(26)18-6-3-11-28-18/h3,6-8,11-12H,1-2,4-5,9-10,13H2,(H,22,24,26). The van der Waals surface area contributed by atoms with Gasteiger partial charge in [0.05, 0.1) is 11.3 Å². The van der Waals surface area contributed by atoms with Crippen molar-refractivity contribution in [2.24, 2.45) is 0 Å². The van der Waals surface area contributed by atoms with E-state index in [0.29, 0.717) is 10.4 Å². The molecular formula is C21H21NO5S. The molecule has 28 heavy (non-hydrogen) atoms. The molecule has 0 radical (unpaired) electrons. The first-order valence-corrected chi connectivity index (χ1v) is 10.1. The van der Waals surface area contributed by atoms with Crippen molar-refractivity contribution in [3.8, 4) is 0 Å². The van der Waals surface area contributed by atoms with Gasteiger partial charge in [0, 0.05) is 12.0 Å². The van der Waals surface area contributed by atoms with Crippen LogP contribution in [0.2, 0.25) is 0 Å². The third kappa shape index (κ3) is 5.36. The van der Waals surface area contributed by atoms with Crippen molar-refractivity contribution in [2.75, 3.05) is 6.61 Å². The van der Waals surface area contributed by atoms with Gasteiger partial charge in [0.25, 0.3) is 11.8 Å². The Labute approximate surface area is 166 Å². The van der Waals surface area contributed by atoms with Gasteiger partial charge in [0.2, 0.25) is 0 Å². The lowest BCUT2D eigenvalue weighted by Gasteiger charge is -2.16. The lowest BCUT2D eigenvalue weighted by molar-refractivity contribution is -0.148. The maximum absolute atomic E-state index is 12.3. The molecule has 3 rings (SSSR count). The molecule has 146 valence electrons. The van der Waals surface area contributed by atoms with Gasteiger partial charge in [-0.15, -0.1) is 11.3 Å². The monoisotopic (exact) mass is 399 g/mol. The smallest absolute Gasteiger partial charge is 0.306 e. The van der Waals surface area contributed by atoms with Crippen molar-refractivity contribution >= 4 is 34.9 Å². The van der Waals surface area contributed by atoms with Crippen LogP contribution in [0, 0.1) is 0 Å². The van der Waals surface area contributed by atoms with E-state index in [1.165, 1.54) is 28.9 Å². The van der Waals surface area contributed by atoms with Crippen molar-refractivity contribution in [3.63, 3.8) is 0 Å². The van der Waals surface area contributed by atoms with Crippen molar-refractivity contribution in [1.29, 1.82) is 0 Å². The van der Waals surface area contributed by atoms with Crippen LogP contribution in [0.4, 0.5) is 0 Å². The maximum atomic E-state index is 12.3. The number of esters is 1. The second-order valence-electron chi connectivity index (χ2n) is 6.63. The summed E-state index contributed by atoms with van der Waals surface area (Å²) in [6, 6.07) is 9.01. The van der Waals surface area contributed by atoms with Crippen molar-refractivity contribution in [1.82, 2.24) is 5.32 Å². The number of Topliss-reactive ketones (excluding diaryl/α,β-unsaturated/α-hetero) is 1. The van der Waals surface area contributed by atoms with Gasteiger partial charge >= 0.3 is 5.97 Å². The number of benzene rings is 1. The van der Waals surface area contributed by atoms with Gasteiger partial charge in [0.1, 0.15) is 0 Å². The third-order valence-corrected chi connectivity index (χ3v) is 5.46. The number of ketones is 1. The number of rotatable bonds is 7. The number of amides is 2. The van der Waals surface area contributed by atoms with E-state index in [2.05, 4.69) is 5.32 Å². The maximum Gasteiger partial charge on any atom is 0.306 e. The molecule has 1 aliphatic carbocycles. The van der Waals surface area contributed by atoms with Gasteiger partial charge in [-0.2, -0.15) is 0 Å². The minimum atomic E-state index is -0.701. The van der Waals surface area contributed by atoms with Crippen LogP contribution >= 0.6 is 11.3 Å². The summed E-state index contributed by atoms with van der Waals surface area (Å²) in [5.74, 6) is -2.00. The number of imide groups is 1. The van der Waals surface area contributed by atoms with E-state index in [-0.39, 0.29) is 18.6 Å². The average Bonchev–Trinajstić information content (AvgIpc) is 3.25. The van der Waals surface area contributed by atoms with Crippen LogP contribution in [0.15, 0.2) is 35.7 Å².